The Labute approximate surface area is 133 Å². The summed E-state index contributed by atoms with van der Waals surface area (Å²) in [5, 5.41) is 2.97. The minimum Gasteiger partial charge on any atom is -0.320 e. The zero-order chi connectivity index (χ0) is 15.9. The second-order valence-electron chi connectivity index (χ2n) is 5.62. The highest BCUT2D eigenvalue weighted by Gasteiger charge is 2.21. The molecule has 1 heterocycles. The first-order chi connectivity index (χ1) is 10.6. The van der Waals surface area contributed by atoms with Gasteiger partial charge in [-0.15, -0.1) is 0 Å². The third-order valence-electron chi connectivity index (χ3n) is 3.92. The fraction of sp³-hybridized carbons (Fsp3) is 0.368. The van der Waals surface area contributed by atoms with Crippen molar-refractivity contribution in [3.63, 3.8) is 0 Å². The molecule has 0 unspecified atom stereocenters. The maximum Gasteiger partial charge on any atom is 0.293 e. The van der Waals surface area contributed by atoms with E-state index in [9.17, 15) is 4.79 Å². The summed E-state index contributed by atoms with van der Waals surface area (Å²) in [6.45, 7) is 6.20. The van der Waals surface area contributed by atoms with Gasteiger partial charge in [-0.1, -0.05) is 32.4 Å². The number of carbonyl (C=O) groups is 1. The molecule has 1 amide bonds. The maximum absolute atomic E-state index is 12.3. The lowest BCUT2D eigenvalue weighted by Gasteiger charge is -2.09. The Balaban J connectivity index is 2.01. The minimum absolute atomic E-state index is 0.00232. The van der Waals surface area contributed by atoms with Crippen molar-refractivity contribution in [2.24, 2.45) is 0 Å². The standard InChI is InChI=1S/C19H24N2O/c1-4-6-17-11-13-21(14-12-17)15(3)19(22)20-18-9-7-16(5-2)8-10-18/h7-15H,4-6H2,1-3H3/p+1/t15-/m1/s1. The SMILES string of the molecule is CCCc1cc[n+]([C@H](C)C(=O)Nc2ccc(CC)cc2)cc1. The number of amides is 1. The Kier molecular flexibility index (Phi) is 5.70. The van der Waals surface area contributed by atoms with E-state index < -0.39 is 0 Å². The van der Waals surface area contributed by atoms with E-state index >= 15 is 0 Å². The summed E-state index contributed by atoms with van der Waals surface area (Å²) in [7, 11) is 0. The second kappa shape index (κ2) is 7.74. The van der Waals surface area contributed by atoms with Crippen LogP contribution < -0.4 is 9.88 Å². The van der Waals surface area contributed by atoms with E-state index in [1.807, 2.05) is 48.1 Å². The van der Waals surface area contributed by atoms with E-state index in [1.165, 1.54) is 11.1 Å². The van der Waals surface area contributed by atoms with E-state index in [0.29, 0.717) is 0 Å². The first kappa shape index (κ1) is 16.2. The molecule has 3 nitrogen and oxygen atoms in total. The Morgan fingerprint density at radius 1 is 1.05 bits per heavy atom. The smallest absolute Gasteiger partial charge is 0.293 e. The summed E-state index contributed by atoms with van der Waals surface area (Å²) in [6, 6.07) is 11.9. The largest absolute Gasteiger partial charge is 0.320 e. The first-order valence-corrected chi connectivity index (χ1v) is 8.03. The number of aromatic nitrogens is 1. The van der Waals surface area contributed by atoms with Crippen molar-refractivity contribution in [2.45, 2.75) is 46.1 Å². The number of rotatable bonds is 6. The summed E-state index contributed by atoms with van der Waals surface area (Å²) in [6.07, 6.45) is 7.18. The fourth-order valence-corrected chi connectivity index (χ4v) is 2.39. The van der Waals surface area contributed by atoms with Crippen LogP contribution in [0.15, 0.2) is 48.8 Å². The molecule has 0 bridgehead atoms. The molecule has 0 aliphatic heterocycles. The zero-order valence-corrected chi connectivity index (χ0v) is 13.7. The highest BCUT2D eigenvalue weighted by molar-refractivity contribution is 5.92. The van der Waals surface area contributed by atoms with Crippen LogP contribution in [0.5, 0.6) is 0 Å². The number of carbonyl (C=O) groups excluding carboxylic acids is 1. The van der Waals surface area contributed by atoms with Gasteiger partial charge in [0.25, 0.3) is 5.91 Å². The van der Waals surface area contributed by atoms with Crippen molar-refractivity contribution in [1.82, 2.24) is 0 Å². The molecule has 0 saturated heterocycles. The van der Waals surface area contributed by atoms with Crippen LogP contribution in [0.4, 0.5) is 5.69 Å². The van der Waals surface area contributed by atoms with Gasteiger partial charge in [0.05, 0.1) is 0 Å². The van der Waals surface area contributed by atoms with Crippen molar-refractivity contribution < 1.29 is 9.36 Å². The molecule has 0 saturated carbocycles. The third-order valence-corrected chi connectivity index (χ3v) is 3.92. The third kappa shape index (κ3) is 4.17. The van der Waals surface area contributed by atoms with Gasteiger partial charge in [0.1, 0.15) is 0 Å². The van der Waals surface area contributed by atoms with Gasteiger partial charge in [-0.05, 0) is 36.1 Å². The lowest BCUT2D eigenvalue weighted by atomic mass is 10.1. The summed E-state index contributed by atoms with van der Waals surface area (Å²) in [5.74, 6) is -0.00232. The number of anilines is 1. The van der Waals surface area contributed by atoms with Gasteiger partial charge in [-0.3, -0.25) is 4.79 Å². The fourth-order valence-electron chi connectivity index (χ4n) is 2.39. The second-order valence-corrected chi connectivity index (χ2v) is 5.62. The lowest BCUT2D eigenvalue weighted by molar-refractivity contribution is -0.705. The molecule has 1 atom stereocenters. The van der Waals surface area contributed by atoms with Crippen LogP contribution in [-0.4, -0.2) is 5.91 Å². The lowest BCUT2D eigenvalue weighted by Crippen LogP contribution is -2.44. The Morgan fingerprint density at radius 3 is 2.23 bits per heavy atom. The molecule has 0 aliphatic rings. The number of hydrogen-bond donors (Lipinski definition) is 1. The van der Waals surface area contributed by atoms with Crippen molar-refractivity contribution in [3.05, 3.63) is 59.9 Å². The number of benzene rings is 1. The number of pyridine rings is 1. The van der Waals surface area contributed by atoms with E-state index in [-0.39, 0.29) is 11.9 Å². The van der Waals surface area contributed by atoms with Crippen molar-refractivity contribution >= 4 is 11.6 Å². The molecule has 0 radical (unpaired) electrons. The van der Waals surface area contributed by atoms with Crippen LogP contribution in [0.2, 0.25) is 0 Å². The first-order valence-electron chi connectivity index (χ1n) is 8.03. The summed E-state index contributed by atoms with van der Waals surface area (Å²) >= 11 is 0. The van der Waals surface area contributed by atoms with Crippen molar-refractivity contribution in [2.75, 3.05) is 5.32 Å². The summed E-state index contributed by atoms with van der Waals surface area (Å²) < 4.78 is 1.94. The number of nitrogens with one attached hydrogen (secondary N) is 1. The van der Waals surface area contributed by atoms with Crippen LogP contribution in [0.1, 0.15) is 44.4 Å². The van der Waals surface area contributed by atoms with Gasteiger partial charge in [0, 0.05) is 24.7 Å². The molecule has 3 heteroatoms. The molecule has 1 N–H and O–H groups in total. The maximum atomic E-state index is 12.3. The molecular weight excluding hydrogens is 272 g/mol. The van der Waals surface area contributed by atoms with Crippen LogP contribution in [0.3, 0.4) is 0 Å². The van der Waals surface area contributed by atoms with Gasteiger partial charge in [0.2, 0.25) is 6.04 Å². The van der Waals surface area contributed by atoms with Crippen LogP contribution in [0.25, 0.3) is 0 Å². The molecule has 116 valence electrons. The van der Waals surface area contributed by atoms with Crippen LogP contribution in [-0.2, 0) is 17.6 Å². The molecule has 0 fully saturated rings. The minimum atomic E-state index is -0.235. The highest BCUT2D eigenvalue weighted by atomic mass is 16.2. The Bertz CT molecular complexity index is 602. The summed E-state index contributed by atoms with van der Waals surface area (Å²) in [4.78, 5) is 12.3. The zero-order valence-electron chi connectivity index (χ0n) is 13.7. The molecular formula is C19H25N2O+. The monoisotopic (exact) mass is 297 g/mol. The average molecular weight is 297 g/mol. The Hall–Kier alpha value is -2.16. The number of aryl methyl sites for hydroxylation is 2. The number of hydrogen-bond acceptors (Lipinski definition) is 1. The average Bonchev–Trinajstić information content (AvgIpc) is 2.56. The topological polar surface area (TPSA) is 33.0 Å². The normalized spacial score (nSPS) is 12.0. The quantitative estimate of drug-likeness (QED) is 0.810. The van der Waals surface area contributed by atoms with E-state index in [4.69, 9.17) is 0 Å². The molecule has 2 aromatic rings. The molecule has 0 spiro atoms. The van der Waals surface area contributed by atoms with Crippen LogP contribution in [0, 0.1) is 0 Å². The molecule has 1 aromatic heterocycles. The van der Waals surface area contributed by atoms with Gasteiger partial charge in [-0.25, -0.2) is 0 Å². The number of nitrogens with zero attached hydrogens (tertiary/aromatic N) is 1. The molecule has 0 aliphatic carbocycles. The van der Waals surface area contributed by atoms with Crippen molar-refractivity contribution in [1.29, 1.82) is 0 Å². The van der Waals surface area contributed by atoms with E-state index in [2.05, 4.69) is 31.3 Å². The molecule has 2 rings (SSSR count). The van der Waals surface area contributed by atoms with Gasteiger partial charge < -0.3 is 5.32 Å². The Morgan fingerprint density at radius 2 is 1.68 bits per heavy atom. The van der Waals surface area contributed by atoms with Gasteiger partial charge in [0.15, 0.2) is 12.4 Å². The molecule has 22 heavy (non-hydrogen) atoms. The predicted molar refractivity (Wildman–Crippen MR) is 89.8 cm³/mol. The summed E-state index contributed by atoms with van der Waals surface area (Å²) in [5.41, 5.74) is 3.42. The highest BCUT2D eigenvalue weighted by Crippen LogP contribution is 2.11. The van der Waals surface area contributed by atoms with Gasteiger partial charge in [-0.2, -0.15) is 4.57 Å². The van der Waals surface area contributed by atoms with E-state index in [1.54, 1.807) is 0 Å². The predicted octanol–water partition coefficient (Wildman–Crippen LogP) is 3.69. The van der Waals surface area contributed by atoms with Crippen molar-refractivity contribution in [3.8, 4) is 0 Å². The van der Waals surface area contributed by atoms with Crippen LogP contribution >= 0.6 is 0 Å². The van der Waals surface area contributed by atoms with Gasteiger partial charge >= 0.3 is 0 Å². The molecule has 1 aromatic carbocycles. The van der Waals surface area contributed by atoms with E-state index in [0.717, 1.165) is 24.9 Å².